The van der Waals surface area contributed by atoms with Gasteiger partial charge >= 0.3 is 16.1 Å². The topological polar surface area (TPSA) is 100 Å². The molecule has 0 saturated heterocycles. The fourth-order valence-electron chi connectivity index (χ4n) is 2.87. The summed E-state index contributed by atoms with van der Waals surface area (Å²) in [6.45, 7) is 7.57. The van der Waals surface area contributed by atoms with E-state index in [0.29, 0.717) is 6.54 Å². The average molecular weight is 384 g/mol. The lowest BCUT2D eigenvalue weighted by molar-refractivity contribution is -0.0894. The van der Waals surface area contributed by atoms with Gasteiger partial charge in [0.15, 0.2) is 0 Å². The van der Waals surface area contributed by atoms with Crippen LogP contribution in [0.2, 0.25) is 0 Å². The van der Waals surface area contributed by atoms with Gasteiger partial charge in [-0.1, -0.05) is 31.5 Å². The molecule has 0 radical (unpaired) electrons. The van der Waals surface area contributed by atoms with Crippen LogP contribution in [0.5, 0.6) is 0 Å². The summed E-state index contributed by atoms with van der Waals surface area (Å²) in [4.78, 5) is 6.34. The SMILES string of the molecule is Cc1ccc(S(=O)(=O)OC2(NCC(C)(C)CN(C)C)N=CCN2N)cc1. The van der Waals surface area contributed by atoms with Crippen LogP contribution in [0, 0.1) is 12.3 Å². The van der Waals surface area contributed by atoms with Crippen molar-refractivity contribution in [2.24, 2.45) is 16.3 Å². The third kappa shape index (κ3) is 5.09. The smallest absolute Gasteiger partial charge is 0.308 e. The number of aliphatic imine (C=N–C) groups is 1. The largest absolute Gasteiger partial charge is 0.309 e. The van der Waals surface area contributed by atoms with Gasteiger partial charge in [-0.25, -0.2) is 9.18 Å². The molecule has 1 unspecified atom stereocenters. The molecule has 1 aromatic carbocycles. The van der Waals surface area contributed by atoms with Crippen molar-refractivity contribution in [1.29, 1.82) is 0 Å². The van der Waals surface area contributed by atoms with Crippen molar-refractivity contribution in [3.63, 3.8) is 0 Å². The molecule has 9 heteroatoms. The maximum absolute atomic E-state index is 12.7. The van der Waals surface area contributed by atoms with E-state index < -0.39 is 16.1 Å². The molecule has 0 spiro atoms. The van der Waals surface area contributed by atoms with Crippen molar-refractivity contribution >= 4 is 16.3 Å². The molecule has 26 heavy (non-hydrogen) atoms. The molecule has 146 valence electrons. The van der Waals surface area contributed by atoms with Crippen LogP contribution in [0.15, 0.2) is 34.2 Å². The molecule has 0 saturated carbocycles. The van der Waals surface area contributed by atoms with Crippen LogP contribution >= 0.6 is 0 Å². The molecule has 2 rings (SSSR count). The van der Waals surface area contributed by atoms with E-state index in [2.05, 4.69) is 29.1 Å². The summed E-state index contributed by atoms with van der Waals surface area (Å²) in [7, 11) is -0.0810. The number of hydrogen-bond acceptors (Lipinski definition) is 8. The highest BCUT2D eigenvalue weighted by molar-refractivity contribution is 7.86. The standard InChI is InChI=1S/C17H29N5O3S/c1-14-6-8-15(9-7-14)26(23,24)25-17(19-10-11-22(17)18)20-12-16(2,3)13-21(4)5/h6-10,20H,11-13,18H2,1-5H3. The highest BCUT2D eigenvalue weighted by Crippen LogP contribution is 2.26. The molecule has 1 heterocycles. The first kappa shape index (κ1) is 20.9. The van der Waals surface area contributed by atoms with Crippen molar-refractivity contribution < 1.29 is 12.6 Å². The number of aryl methyl sites for hydroxylation is 1. The molecule has 0 bridgehead atoms. The summed E-state index contributed by atoms with van der Waals surface area (Å²) in [5.41, 5.74) is 0.813. The normalized spacial score (nSPS) is 21.7. The average Bonchev–Trinajstić information content (AvgIpc) is 2.85. The van der Waals surface area contributed by atoms with E-state index in [-0.39, 0.29) is 16.9 Å². The second-order valence-corrected chi connectivity index (χ2v) is 9.22. The van der Waals surface area contributed by atoms with Crippen LogP contribution in [0.1, 0.15) is 19.4 Å². The second kappa shape index (κ2) is 7.71. The first-order valence-electron chi connectivity index (χ1n) is 8.44. The number of hydrogen-bond donors (Lipinski definition) is 2. The predicted octanol–water partition coefficient (Wildman–Crippen LogP) is 0.749. The number of nitrogens with one attached hydrogen (secondary N) is 1. The van der Waals surface area contributed by atoms with Gasteiger partial charge < -0.3 is 4.90 Å². The molecule has 0 aliphatic carbocycles. The van der Waals surface area contributed by atoms with Crippen molar-refractivity contribution in [3.8, 4) is 0 Å². The number of rotatable bonds is 8. The molecule has 0 fully saturated rings. The van der Waals surface area contributed by atoms with Crippen LogP contribution in [-0.4, -0.2) is 64.2 Å². The van der Waals surface area contributed by atoms with Crippen LogP contribution in [-0.2, 0) is 14.3 Å². The second-order valence-electron chi connectivity index (χ2n) is 7.68. The Morgan fingerprint density at radius 1 is 1.35 bits per heavy atom. The van der Waals surface area contributed by atoms with Crippen molar-refractivity contribution in [3.05, 3.63) is 29.8 Å². The van der Waals surface area contributed by atoms with E-state index in [0.717, 1.165) is 12.1 Å². The van der Waals surface area contributed by atoms with E-state index in [1.54, 1.807) is 12.1 Å². The Bertz CT molecular complexity index is 746. The maximum atomic E-state index is 12.7. The van der Waals surface area contributed by atoms with Crippen molar-refractivity contribution in [2.45, 2.75) is 31.6 Å². The molecule has 8 nitrogen and oxygen atoms in total. The summed E-state index contributed by atoms with van der Waals surface area (Å²) in [5.74, 6) is 4.35. The minimum absolute atomic E-state index is 0.0623. The van der Waals surface area contributed by atoms with E-state index >= 15 is 0 Å². The van der Waals surface area contributed by atoms with E-state index in [1.807, 2.05) is 21.0 Å². The minimum atomic E-state index is -4.05. The van der Waals surface area contributed by atoms with Gasteiger partial charge in [-0.05, 0) is 38.6 Å². The lowest BCUT2D eigenvalue weighted by atomic mass is 9.93. The monoisotopic (exact) mass is 383 g/mol. The van der Waals surface area contributed by atoms with Gasteiger partial charge in [0.05, 0.1) is 11.4 Å². The molecule has 1 aliphatic heterocycles. The lowest BCUT2D eigenvalue weighted by Gasteiger charge is -2.36. The first-order chi connectivity index (χ1) is 12.0. The Kier molecular flexibility index (Phi) is 6.21. The third-order valence-electron chi connectivity index (χ3n) is 4.01. The maximum Gasteiger partial charge on any atom is 0.308 e. The quantitative estimate of drug-likeness (QED) is 0.388. The van der Waals surface area contributed by atoms with E-state index in [1.165, 1.54) is 23.4 Å². The lowest BCUT2D eigenvalue weighted by Crippen LogP contribution is -2.62. The Morgan fingerprint density at radius 2 is 1.96 bits per heavy atom. The molecule has 3 N–H and O–H groups in total. The summed E-state index contributed by atoms with van der Waals surface area (Å²) in [6, 6.07) is 6.45. The zero-order chi connectivity index (χ0) is 19.6. The van der Waals surface area contributed by atoms with Gasteiger partial charge in [-0.3, -0.25) is 11.2 Å². The van der Waals surface area contributed by atoms with Crippen LogP contribution in [0.4, 0.5) is 0 Å². The summed E-state index contributed by atoms with van der Waals surface area (Å²) in [5, 5.41) is 4.34. The van der Waals surface area contributed by atoms with Gasteiger partial charge in [0.25, 0.3) is 0 Å². The molecule has 1 aromatic rings. The Morgan fingerprint density at radius 3 is 2.46 bits per heavy atom. The van der Waals surface area contributed by atoms with E-state index in [4.69, 9.17) is 10.0 Å². The number of nitrogens with zero attached hydrogens (tertiary/aromatic N) is 3. The molecule has 1 atom stereocenters. The summed E-state index contributed by atoms with van der Waals surface area (Å²) >= 11 is 0. The highest BCUT2D eigenvalue weighted by atomic mass is 32.2. The predicted molar refractivity (Wildman–Crippen MR) is 102 cm³/mol. The fourth-order valence-corrected chi connectivity index (χ4v) is 3.94. The zero-order valence-electron chi connectivity index (χ0n) is 16.1. The number of benzene rings is 1. The molecule has 0 aromatic heterocycles. The zero-order valence-corrected chi connectivity index (χ0v) is 16.9. The van der Waals surface area contributed by atoms with Gasteiger partial charge in [0.2, 0.25) is 0 Å². The van der Waals surface area contributed by atoms with Crippen LogP contribution < -0.4 is 11.2 Å². The molecule has 1 aliphatic rings. The van der Waals surface area contributed by atoms with Crippen LogP contribution in [0.3, 0.4) is 0 Å². The Hall–Kier alpha value is -1.36. The Labute approximate surface area is 156 Å². The van der Waals surface area contributed by atoms with Crippen molar-refractivity contribution in [1.82, 2.24) is 15.2 Å². The van der Waals surface area contributed by atoms with Gasteiger partial charge in [-0.15, -0.1) is 0 Å². The fraction of sp³-hybridized carbons (Fsp3) is 0.588. The first-order valence-corrected chi connectivity index (χ1v) is 9.85. The molecular weight excluding hydrogens is 354 g/mol. The van der Waals surface area contributed by atoms with Gasteiger partial charge in [-0.2, -0.15) is 13.4 Å². The Balaban J connectivity index is 2.22. The number of hydrazine groups is 1. The number of nitrogens with two attached hydrogens (primary N) is 1. The van der Waals surface area contributed by atoms with E-state index in [9.17, 15) is 8.42 Å². The van der Waals surface area contributed by atoms with Gasteiger partial charge in [0, 0.05) is 19.3 Å². The molecular formula is C17H29N5O3S. The summed E-state index contributed by atoms with van der Waals surface area (Å²) < 4.78 is 30.9. The van der Waals surface area contributed by atoms with Crippen molar-refractivity contribution in [2.75, 3.05) is 33.7 Å². The van der Waals surface area contributed by atoms with Gasteiger partial charge in [0.1, 0.15) is 0 Å². The minimum Gasteiger partial charge on any atom is -0.309 e. The van der Waals surface area contributed by atoms with Crippen LogP contribution in [0.25, 0.3) is 0 Å². The molecule has 0 amide bonds. The summed E-state index contributed by atoms with van der Waals surface area (Å²) in [6.07, 6.45) is 1.54. The third-order valence-corrected chi connectivity index (χ3v) is 5.31. The highest BCUT2D eigenvalue weighted by Gasteiger charge is 2.44.